The molecule has 2 heterocycles. The van der Waals surface area contributed by atoms with E-state index < -0.39 is 16.8 Å². The third-order valence-electron chi connectivity index (χ3n) is 3.45. The van der Waals surface area contributed by atoms with Crippen molar-refractivity contribution in [2.24, 2.45) is 0 Å². The summed E-state index contributed by atoms with van der Waals surface area (Å²) in [4.78, 5) is 18.1. The second-order valence-electron chi connectivity index (χ2n) is 5.26. The quantitative estimate of drug-likeness (QED) is 0.514. The number of hydrogen-bond donors (Lipinski definition) is 0. The Bertz CT molecular complexity index is 928. The zero-order chi connectivity index (χ0) is 18.0. The smallest absolute Gasteiger partial charge is 0.406 e. The zero-order valence-electron chi connectivity index (χ0n) is 13.3. The lowest BCUT2D eigenvalue weighted by Crippen LogP contribution is -2.06. The summed E-state index contributed by atoms with van der Waals surface area (Å²) in [5, 5.41) is 14.8. The van der Waals surface area contributed by atoms with Gasteiger partial charge >= 0.3 is 5.82 Å². The molecule has 3 rings (SSSR count). The van der Waals surface area contributed by atoms with Gasteiger partial charge in [0.05, 0.1) is 0 Å². The van der Waals surface area contributed by atoms with E-state index in [1.807, 2.05) is 0 Å². The molecule has 1 unspecified atom stereocenters. The highest BCUT2D eigenvalue weighted by atomic mass is 19.1. The number of benzene rings is 1. The Morgan fingerprint density at radius 2 is 2.16 bits per heavy atom. The monoisotopic (exact) mass is 344 g/mol. The van der Waals surface area contributed by atoms with Crippen LogP contribution >= 0.6 is 0 Å². The van der Waals surface area contributed by atoms with E-state index in [1.54, 1.807) is 26.0 Å². The highest BCUT2D eigenvalue weighted by Gasteiger charge is 2.22. The highest BCUT2D eigenvalue weighted by Crippen LogP contribution is 2.29. The number of rotatable bonds is 5. The van der Waals surface area contributed by atoms with Gasteiger partial charge in [-0.25, -0.2) is 4.39 Å². The Morgan fingerprint density at radius 1 is 1.36 bits per heavy atom. The summed E-state index contributed by atoms with van der Waals surface area (Å²) < 4.78 is 24.3. The first-order valence-corrected chi connectivity index (χ1v) is 7.32. The molecule has 0 N–H and O–H groups in total. The summed E-state index contributed by atoms with van der Waals surface area (Å²) in [6.07, 6.45) is 0.548. The first-order chi connectivity index (χ1) is 12.0. The van der Waals surface area contributed by atoms with Crippen LogP contribution in [0.25, 0.3) is 11.4 Å². The van der Waals surface area contributed by atoms with Crippen molar-refractivity contribution in [2.75, 3.05) is 0 Å². The number of halogens is 1. The third kappa shape index (κ3) is 3.44. The molecule has 0 bridgehead atoms. The van der Waals surface area contributed by atoms with Gasteiger partial charge in [-0.3, -0.25) is 0 Å². The molecule has 1 aromatic carbocycles. The van der Waals surface area contributed by atoms with Crippen molar-refractivity contribution in [3.8, 4) is 17.1 Å². The van der Waals surface area contributed by atoms with Gasteiger partial charge in [0.15, 0.2) is 6.10 Å². The van der Waals surface area contributed by atoms with Crippen LogP contribution < -0.4 is 4.74 Å². The Labute approximate surface area is 141 Å². The van der Waals surface area contributed by atoms with Crippen molar-refractivity contribution in [3.63, 3.8) is 0 Å². The summed E-state index contributed by atoms with van der Waals surface area (Å²) in [5.41, 5.74) is 0.964. The first kappa shape index (κ1) is 16.5. The molecule has 0 saturated carbocycles. The molecular weight excluding hydrogens is 331 g/mol. The van der Waals surface area contributed by atoms with Crippen LogP contribution in [0.15, 0.2) is 41.1 Å². The Hall–Kier alpha value is -3.36. The van der Waals surface area contributed by atoms with Crippen LogP contribution in [0.5, 0.6) is 5.75 Å². The second-order valence-corrected chi connectivity index (χ2v) is 5.26. The van der Waals surface area contributed by atoms with Gasteiger partial charge in [0.2, 0.25) is 11.6 Å². The average Bonchev–Trinajstić information content (AvgIpc) is 3.08. The van der Waals surface area contributed by atoms with Gasteiger partial charge in [0.25, 0.3) is 5.89 Å². The van der Waals surface area contributed by atoms with Gasteiger partial charge in [0, 0.05) is 5.56 Å². The van der Waals surface area contributed by atoms with E-state index in [9.17, 15) is 14.5 Å². The molecule has 0 aliphatic carbocycles. The molecule has 0 fully saturated rings. The minimum Gasteiger partial charge on any atom is -0.473 e. The topological polar surface area (TPSA) is 104 Å². The number of pyridine rings is 1. The number of hydrogen-bond acceptors (Lipinski definition) is 7. The standard InChI is InChI=1S/C16H13FN4O4/c1-9-5-6-11(8-12(9)17)14-19-16(25-20-14)10(2)24-13-4-3-7-18-15(13)21(22)23/h3-8,10H,1-2H3. The average molecular weight is 344 g/mol. The van der Waals surface area contributed by atoms with E-state index in [0.29, 0.717) is 11.1 Å². The summed E-state index contributed by atoms with van der Waals surface area (Å²) >= 11 is 0. The van der Waals surface area contributed by atoms with Crippen LogP contribution in [0.4, 0.5) is 10.2 Å². The van der Waals surface area contributed by atoms with Gasteiger partial charge in [0.1, 0.15) is 12.0 Å². The van der Waals surface area contributed by atoms with E-state index >= 15 is 0 Å². The molecule has 3 aromatic rings. The van der Waals surface area contributed by atoms with Crippen LogP contribution in [0, 0.1) is 22.9 Å². The lowest BCUT2D eigenvalue weighted by Gasteiger charge is -2.09. The van der Waals surface area contributed by atoms with Crippen LogP contribution in [-0.2, 0) is 0 Å². The lowest BCUT2D eigenvalue weighted by molar-refractivity contribution is -0.390. The fourth-order valence-electron chi connectivity index (χ4n) is 2.10. The third-order valence-corrected chi connectivity index (χ3v) is 3.45. The predicted molar refractivity (Wildman–Crippen MR) is 84.4 cm³/mol. The Kier molecular flexibility index (Phi) is 4.38. The van der Waals surface area contributed by atoms with E-state index in [1.165, 1.54) is 24.4 Å². The van der Waals surface area contributed by atoms with Crippen LogP contribution in [-0.4, -0.2) is 20.0 Å². The zero-order valence-corrected chi connectivity index (χ0v) is 13.3. The van der Waals surface area contributed by atoms with E-state index in [-0.39, 0.29) is 23.3 Å². The Morgan fingerprint density at radius 3 is 2.88 bits per heavy atom. The number of aryl methyl sites for hydroxylation is 1. The van der Waals surface area contributed by atoms with E-state index in [2.05, 4.69) is 15.1 Å². The molecule has 8 nitrogen and oxygen atoms in total. The van der Waals surface area contributed by atoms with Crippen LogP contribution in [0.3, 0.4) is 0 Å². The Balaban J connectivity index is 1.82. The fraction of sp³-hybridized carbons (Fsp3) is 0.188. The number of ether oxygens (including phenoxy) is 1. The molecule has 0 radical (unpaired) electrons. The van der Waals surface area contributed by atoms with Crippen molar-refractivity contribution in [2.45, 2.75) is 20.0 Å². The van der Waals surface area contributed by atoms with E-state index in [4.69, 9.17) is 9.26 Å². The molecule has 0 aliphatic heterocycles. The van der Waals surface area contributed by atoms with Crippen molar-refractivity contribution in [1.29, 1.82) is 0 Å². The molecule has 1 atom stereocenters. The van der Waals surface area contributed by atoms with E-state index in [0.717, 1.165) is 0 Å². The van der Waals surface area contributed by atoms with Crippen molar-refractivity contribution >= 4 is 5.82 Å². The van der Waals surface area contributed by atoms with Gasteiger partial charge in [-0.2, -0.15) is 4.98 Å². The predicted octanol–water partition coefficient (Wildman–Crippen LogP) is 3.63. The van der Waals surface area contributed by atoms with Gasteiger partial charge in [-0.05, 0) is 47.5 Å². The van der Waals surface area contributed by atoms with Crippen LogP contribution in [0.1, 0.15) is 24.5 Å². The molecular formula is C16H13FN4O4. The lowest BCUT2D eigenvalue weighted by atomic mass is 10.1. The molecule has 0 saturated heterocycles. The summed E-state index contributed by atoms with van der Waals surface area (Å²) in [7, 11) is 0. The van der Waals surface area contributed by atoms with Crippen molar-refractivity contribution in [1.82, 2.24) is 15.1 Å². The fourth-order valence-corrected chi connectivity index (χ4v) is 2.10. The summed E-state index contributed by atoms with van der Waals surface area (Å²) in [6.45, 7) is 3.25. The summed E-state index contributed by atoms with van der Waals surface area (Å²) in [6, 6.07) is 7.53. The van der Waals surface area contributed by atoms with Crippen molar-refractivity contribution < 1.29 is 18.6 Å². The van der Waals surface area contributed by atoms with Gasteiger partial charge in [-0.1, -0.05) is 17.3 Å². The normalized spacial score (nSPS) is 12.0. The minimum atomic E-state index is -0.751. The largest absolute Gasteiger partial charge is 0.473 e. The molecule has 2 aromatic heterocycles. The molecule has 9 heteroatoms. The number of nitrogens with zero attached hydrogens (tertiary/aromatic N) is 4. The molecule has 0 amide bonds. The maximum absolute atomic E-state index is 13.7. The molecule has 0 spiro atoms. The number of aromatic nitrogens is 3. The maximum atomic E-state index is 13.7. The van der Waals surface area contributed by atoms with Gasteiger partial charge in [-0.15, -0.1) is 0 Å². The number of nitro groups is 1. The summed E-state index contributed by atoms with van der Waals surface area (Å²) in [5.74, 6) is -0.492. The van der Waals surface area contributed by atoms with Crippen molar-refractivity contribution in [3.05, 3.63) is 63.9 Å². The highest BCUT2D eigenvalue weighted by molar-refractivity contribution is 5.55. The molecule has 0 aliphatic rings. The van der Waals surface area contributed by atoms with Crippen LogP contribution in [0.2, 0.25) is 0 Å². The van der Waals surface area contributed by atoms with Gasteiger partial charge < -0.3 is 19.4 Å². The second kappa shape index (κ2) is 6.63. The minimum absolute atomic E-state index is 0.0128. The molecule has 25 heavy (non-hydrogen) atoms. The SMILES string of the molecule is Cc1ccc(-c2noc(C(C)Oc3cccnc3[N+](=O)[O-])n2)cc1F. The molecule has 128 valence electrons. The first-order valence-electron chi connectivity index (χ1n) is 7.32. The maximum Gasteiger partial charge on any atom is 0.406 e.